The molecule has 4 nitrogen and oxygen atoms in total. The van der Waals surface area contributed by atoms with Gasteiger partial charge in [0.2, 0.25) is 0 Å². The molecule has 1 saturated heterocycles. The summed E-state index contributed by atoms with van der Waals surface area (Å²) >= 11 is 0. The number of piperidine rings is 1. The summed E-state index contributed by atoms with van der Waals surface area (Å²) < 4.78 is 11.0. The number of hydrogen-bond donors (Lipinski definition) is 0. The molecule has 1 aliphatic rings. The van der Waals surface area contributed by atoms with E-state index in [2.05, 4.69) is 11.8 Å². The predicted molar refractivity (Wildman–Crippen MR) is 98.5 cm³/mol. The maximum atomic E-state index is 12.6. The lowest BCUT2D eigenvalue weighted by Crippen LogP contribution is -2.39. The van der Waals surface area contributed by atoms with Gasteiger partial charge in [-0.1, -0.05) is 50.1 Å². The average Bonchev–Trinajstić information content (AvgIpc) is 2.60. The van der Waals surface area contributed by atoms with Gasteiger partial charge in [0.25, 0.3) is 0 Å². The van der Waals surface area contributed by atoms with Gasteiger partial charge in [-0.15, -0.1) is 12.4 Å². The highest BCUT2D eigenvalue weighted by Gasteiger charge is 2.29. The van der Waals surface area contributed by atoms with Crippen LogP contribution in [0.15, 0.2) is 30.3 Å². The highest BCUT2D eigenvalue weighted by atomic mass is 35.5. The number of benzene rings is 1. The first-order valence-corrected chi connectivity index (χ1v) is 8.86. The van der Waals surface area contributed by atoms with E-state index in [0.29, 0.717) is 13.2 Å². The molecular formula is C19H30ClNO3. The zero-order chi connectivity index (χ0) is 16.3. The molecule has 0 saturated carbocycles. The van der Waals surface area contributed by atoms with Gasteiger partial charge in [0.05, 0.1) is 6.61 Å². The molecule has 1 heterocycles. The molecule has 0 N–H and O–H groups in total. The Kier molecular flexibility index (Phi) is 10.7. The van der Waals surface area contributed by atoms with Crippen molar-refractivity contribution in [3.8, 4) is 0 Å². The smallest absolute Gasteiger partial charge is 0.328 e. The van der Waals surface area contributed by atoms with E-state index in [1.807, 2.05) is 30.3 Å². The molecule has 1 unspecified atom stereocenters. The van der Waals surface area contributed by atoms with Crippen LogP contribution in [-0.2, 0) is 14.3 Å². The van der Waals surface area contributed by atoms with E-state index in [0.717, 1.165) is 50.9 Å². The molecule has 24 heavy (non-hydrogen) atoms. The molecule has 0 spiro atoms. The fourth-order valence-electron chi connectivity index (χ4n) is 2.94. The van der Waals surface area contributed by atoms with Crippen LogP contribution in [0.25, 0.3) is 0 Å². The number of rotatable bonds is 9. The lowest BCUT2D eigenvalue weighted by Gasteiger charge is -2.33. The Balaban J connectivity index is 0.00000288. The second-order valence-corrected chi connectivity index (χ2v) is 6.04. The van der Waals surface area contributed by atoms with E-state index >= 15 is 0 Å². The summed E-state index contributed by atoms with van der Waals surface area (Å²) in [5.74, 6) is -0.155. The van der Waals surface area contributed by atoms with Crippen LogP contribution in [-0.4, -0.2) is 43.8 Å². The predicted octanol–water partition coefficient (Wildman–Crippen LogP) is 4.00. The Labute approximate surface area is 151 Å². The molecule has 0 amide bonds. The molecule has 5 heteroatoms. The van der Waals surface area contributed by atoms with Crippen LogP contribution < -0.4 is 0 Å². The van der Waals surface area contributed by atoms with E-state index in [4.69, 9.17) is 9.47 Å². The van der Waals surface area contributed by atoms with Gasteiger partial charge >= 0.3 is 5.97 Å². The maximum absolute atomic E-state index is 12.6. The van der Waals surface area contributed by atoms with Crippen molar-refractivity contribution < 1.29 is 14.3 Å². The largest absolute Gasteiger partial charge is 0.462 e. The van der Waals surface area contributed by atoms with Crippen molar-refractivity contribution in [2.75, 3.05) is 32.9 Å². The van der Waals surface area contributed by atoms with Crippen LogP contribution in [0.4, 0.5) is 0 Å². The number of halogens is 1. The number of likely N-dealkylation sites (tertiary alicyclic amines) is 1. The molecule has 136 valence electrons. The lowest BCUT2D eigenvalue weighted by atomic mass is 10.0. The molecule has 0 aliphatic carbocycles. The number of nitrogens with zero attached hydrogens (tertiary/aromatic N) is 1. The van der Waals surface area contributed by atoms with Gasteiger partial charge in [0, 0.05) is 6.61 Å². The Morgan fingerprint density at radius 3 is 2.46 bits per heavy atom. The molecule has 1 aromatic rings. The summed E-state index contributed by atoms with van der Waals surface area (Å²) in [6.07, 6.45) is 5.71. The van der Waals surface area contributed by atoms with Crippen molar-refractivity contribution in [3.05, 3.63) is 35.9 Å². The molecule has 1 fully saturated rings. The van der Waals surface area contributed by atoms with Crippen LogP contribution in [0.5, 0.6) is 0 Å². The van der Waals surface area contributed by atoms with Crippen LogP contribution >= 0.6 is 12.4 Å². The van der Waals surface area contributed by atoms with Crippen molar-refractivity contribution in [1.29, 1.82) is 0 Å². The van der Waals surface area contributed by atoms with Crippen LogP contribution in [0, 0.1) is 0 Å². The van der Waals surface area contributed by atoms with Crippen LogP contribution in [0.1, 0.15) is 50.6 Å². The quantitative estimate of drug-likeness (QED) is 0.496. The summed E-state index contributed by atoms with van der Waals surface area (Å²) in [5, 5.41) is 0. The molecule has 1 atom stereocenters. The van der Waals surface area contributed by atoms with Gasteiger partial charge in [-0.3, -0.25) is 4.90 Å². The van der Waals surface area contributed by atoms with Crippen molar-refractivity contribution in [1.82, 2.24) is 4.90 Å². The SMILES string of the molecule is CCCCOCCOC(=O)C(c1ccccc1)N1CCCCC1.Cl. The average molecular weight is 356 g/mol. The Morgan fingerprint density at radius 2 is 1.79 bits per heavy atom. The number of esters is 1. The Hall–Kier alpha value is -1.10. The summed E-state index contributed by atoms with van der Waals surface area (Å²) in [7, 11) is 0. The summed E-state index contributed by atoms with van der Waals surface area (Å²) in [6.45, 7) is 5.60. The highest BCUT2D eigenvalue weighted by molar-refractivity contribution is 5.85. The number of carbonyl (C=O) groups excluding carboxylic acids is 1. The zero-order valence-corrected chi connectivity index (χ0v) is 15.4. The third kappa shape index (κ3) is 6.80. The van der Waals surface area contributed by atoms with Crippen molar-refractivity contribution in [3.63, 3.8) is 0 Å². The number of carbonyl (C=O) groups is 1. The van der Waals surface area contributed by atoms with Crippen LogP contribution in [0.2, 0.25) is 0 Å². The van der Waals surface area contributed by atoms with Crippen molar-refractivity contribution in [2.45, 2.75) is 45.1 Å². The second kappa shape index (κ2) is 12.3. The number of ether oxygens (including phenoxy) is 2. The molecule has 2 rings (SSSR count). The van der Waals surface area contributed by atoms with E-state index < -0.39 is 0 Å². The molecular weight excluding hydrogens is 326 g/mol. The molecule has 1 aromatic carbocycles. The molecule has 0 radical (unpaired) electrons. The fourth-order valence-corrected chi connectivity index (χ4v) is 2.94. The van der Waals surface area contributed by atoms with Crippen molar-refractivity contribution in [2.24, 2.45) is 0 Å². The van der Waals surface area contributed by atoms with Gasteiger partial charge in [-0.25, -0.2) is 4.79 Å². The molecule has 0 bridgehead atoms. The monoisotopic (exact) mass is 355 g/mol. The van der Waals surface area contributed by atoms with Crippen LogP contribution in [0.3, 0.4) is 0 Å². The van der Waals surface area contributed by atoms with E-state index in [1.165, 1.54) is 6.42 Å². The van der Waals surface area contributed by atoms with Gasteiger partial charge in [0.1, 0.15) is 12.6 Å². The normalized spacial score (nSPS) is 16.2. The minimum absolute atomic E-state index is 0. The van der Waals surface area contributed by atoms with Gasteiger partial charge in [-0.05, 0) is 37.9 Å². The van der Waals surface area contributed by atoms with Gasteiger partial charge < -0.3 is 9.47 Å². The van der Waals surface area contributed by atoms with Crippen molar-refractivity contribution >= 4 is 18.4 Å². The van der Waals surface area contributed by atoms with E-state index in [-0.39, 0.29) is 24.4 Å². The number of unbranched alkanes of at least 4 members (excludes halogenated alkanes) is 1. The van der Waals surface area contributed by atoms with Gasteiger partial charge in [-0.2, -0.15) is 0 Å². The Bertz CT molecular complexity index is 449. The summed E-state index contributed by atoms with van der Waals surface area (Å²) in [6, 6.07) is 9.67. The lowest BCUT2D eigenvalue weighted by molar-refractivity contribution is -0.152. The number of hydrogen-bond acceptors (Lipinski definition) is 4. The minimum atomic E-state index is -0.285. The fraction of sp³-hybridized carbons (Fsp3) is 0.632. The standard InChI is InChI=1S/C19H29NO3.ClH/c1-2-3-14-22-15-16-23-19(21)18(17-10-6-4-7-11-17)20-12-8-5-9-13-20;/h4,6-7,10-11,18H,2-3,5,8-9,12-16H2,1H3;1H. The zero-order valence-electron chi connectivity index (χ0n) is 14.6. The second-order valence-electron chi connectivity index (χ2n) is 6.04. The minimum Gasteiger partial charge on any atom is -0.462 e. The third-order valence-corrected chi connectivity index (χ3v) is 4.21. The summed E-state index contributed by atoms with van der Waals surface area (Å²) in [4.78, 5) is 14.9. The first-order chi connectivity index (χ1) is 11.3. The summed E-state index contributed by atoms with van der Waals surface area (Å²) in [5.41, 5.74) is 1.02. The van der Waals surface area contributed by atoms with E-state index in [1.54, 1.807) is 0 Å². The third-order valence-electron chi connectivity index (χ3n) is 4.21. The maximum Gasteiger partial charge on any atom is 0.328 e. The van der Waals surface area contributed by atoms with Gasteiger partial charge in [0.15, 0.2) is 0 Å². The topological polar surface area (TPSA) is 38.8 Å². The molecule has 1 aliphatic heterocycles. The Morgan fingerprint density at radius 1 is 1.08 bits per heavy atom. The molecule has 0 aromatic heterocycles. The first kappa shape index (κ1) is 20.9. The first-order valence-electron chi connectivity index (χ1n) is 8.86. The van der Waals surface area contributed by atoms with E-state index in [9.17, 15) is 4.79 Å². The highest BCUT2D eigenvalue weighted by Crippen LogP contribution is 2.25.